The Bertz CT molecular complexity index is 226. The second-order valence-electron chi connectivity index (χ2n) is 4.74. The summed E-state index contributed by atoms with van der Waals surface area (Å²) in [5.41, 5.74) is -0.836. The van der Waals surface area contributed by atoms with Crippen LogP contribution in [0, 0.1) is 11.8 Å². The number of nitrogens with one attached hydrogen (secondary N) is 2. The van der Waals surface area contributed by atoms with Gasteiger partial charge in [-0.15, -0.1) is 0 Å². The van der Waals surface area contributed by atoms with Gasteiger partial charge in [-0.2, -0.15) is 0 Å². The molecule has 3 N–H and O–H groups in total. The fourth-order valence-electron chi connectivity index (χ4n) is 1.59. The molecule has 1 aliphatic heterocycles. The van der Waals surface area contributed by atoms with Crippen molar-refractivity contribution in [1.29, 1.82) is 0 Å². The quantitative estimate of drug-likeness (QED) is 0.390. The number of quaternary nitrogens is 2. The zero-order valence-electron chi connectivity index (χ0n) is 9.48. The Morgan fingerprint density at radius 3 is 2.29 bits per heavy atom. The van der Waals surface area contributed by atoms with Gasteiger partial charge >= 0.3 is 0 Å². The van der Waals surface area contributed by atoms with Gasteiger partial charge in [-0.25, -0.2) is 0 Å². The number of hydrogen-bond donors (Lipinski definition) is 3. The lowest BCUT2D eigenvalue weighted by Gasteiger charge is -2.25. The third-order valence-electron chi connectivity index (χ3n) is 2.54. The topological polar surface area (TPSA) is 29.1 Å². The Kier molecular flexibility index (Phi) is 3.94. The van der Waals surface area contributed by atoms with Crippen molar-refractivity contribution in [3.63, 3.8) is 0 Å². The maximum absolute atomic E-state index is 9.40. The molecule has 0 unspecified atom stereocenters. The lowest BCUT2D eigenvalue weighted by atomic mass is 10.1. The molecule has 1 aliphatic rings. The molecular weight excluding hydrogens is 176 g/mol. The fraction of sp³-hybridized carbons (Fsp3) is 0.818. The molecule has 1 heterocycles. The highest BCUT2D eigenvalue weighted by Crippen LogP contribution is 1.95. The predicted octanol–water partition coefficient (Wildman–Crippen LogP) is -2.83. The molecule has 80 valence electrons. The number of hydrogen-bond acceptors (Lipinski definition) is 1. The molecular formula is C11H22N2O+2. The smallest absolute Gasteiger partial charge is 0.139 e. The van der Waals surface area contributed by atoms with E-state index in [9.17, 15) is 5.11 Å². The van der Waals surface area contributed by atoms with Gasteiger partial charge in [-0.05, 0) is 19.8 Å². The Balaban J connectivity index is 2.28. The zero-order chi connectivity index (χ0) is 10.6. The van der Waals surface area contributed by atoms with Crippen LogP contribution < -0.4 is 9.80 Å². The van der Waals surface area contributed by atoms with E-state index in [1.165, 1.54) is 26.2 Å². The van der Waals surface area contributed by atoms with E-state index in [1.54, 1.807) is 23.6 Å². The van der Waals surface area contributed by atoms with Gasteiger partial charge in [0.15, 0.2) is 0 Å². The van der Waals surface area contributed by atoms with E-state index in [0.29, 0.717) is 0 Å². The van der Waals surface area contributed by atoms with Crippen LogP contribution >= 0.6 is 0 Å². The molecule has 0 radical (unpaired) electrons. The summed E-state index contributed by atoms with van der Waals surface area (Å²) in [5.74, 6) is 5.92. The molecule has 0 saturated carbocycles. The summed E-state index contributed by atoms with van der Waals surface area (Å²) >= 11 is 0. The maximum atomic E-state index is 9.40. The van der Waals surface area contributed by atoms with Gasteiger partial charge in [0.2, 0.25) is 0 Å². The second-order valence-corrected chi connectivity index (χ2v) is 4.74. The van der Waals surface area contributed by atoms with Crippen LogP contribution in [0.15, 0.2) is 0 Å². The molecule has 0 aromatic rings. The zero-order valence-corrected chi connectivity index (χ0v) is 9.48. The van der Waals surface area contributed by atoms with Gasteiger partial charge in [0.25, 0.3) is 0 Å². The van der Waals surface area contributed by atoms with Gasteiger partial charge in [0.05, 0.1) is 7.05 Å². The van der Waals surface area contributed by atoms with Crippen molar-refractivity contribution >= 4 is 0 Å². The Labute approximate surface area is 86.7 Å². The maximum Gasteiger partial charge on any atom is 0.139 e. The van der Waals surface area contributed by atoms with E-state index in [0.717, 1.165) is 6.54 Å². The van der Waals surface area contributed by atoms with Crippen molar-refractivity contribution in [2.24, 2.45) is 0 Å². The van der Waals surface area contributed by atoms with Crippen LogP contribution in [0.1, 0.15) is 13.8 Å². The van der Waals surface area contributed by atoms with Gasteiger partial charge in [0.1, 0.15) is 38.3 Å². The van der Waals surface area contributed by atoms with Gasteiger partial charge in [-0.1, -0.05) is 5.92 Å². The molecule has 0 atom stereocenters. The van der Waals surface area contributed by atoms with Crippen LogP contribution in [0.25, 0.3) is 0 Å². The highest BCUT2D eigenvalue weighted by molar-refractivity contribution is 5.09. The first kappa shape index (κ1) is 11.5. The summed E-state index contributed by atoms with van der Waals surface area (Å²) in [6.45, 7) is 9.20. The Morgan fingerprint density at radius 2 is 1.79 bits per heavy atom. The lowest BCUT2D eigenvalue weighted by Crippen LogP contribution is -3.26. The summed E-state index contributed by atoms with van der Waals surface area (Å²) in [6, 6.07) is 0. The summed E-state index contributed by atoms with van der Waals surface area (Å²) in [4.78, 5) is 3.16. The van der Waals surface area contributed by atoms with Crippen LogP contribution in [-0.4, -0.2) is 50.5 Å². The average molecular weight is 198 g/mol. The predicted molar refractivity (Wildman–Crippen MR) is 56.3 cm³/mol. The van der Waals surface area contributed by atoms with Gasteiger partial charge in [-0.3, -0.25) is 0 Å². The van der Waals surface area contributed by atoms with Crippen LogP contribution in [-0.2, 0) is 0 Å². The summed E-state index contributed by atoms with van der Waals surface area (Å²) in [6.07, 6.45) is 0. The van der Waals surface area contributed by atoms with Crippen molar-refractivity contribution < 1.29 is 14.9 Å². The number of likely N-dealkylation sites (N-methyl/N-ethyl adjacent to an activating group) is 1. The average Bonchev–Trinajstić information content (AvgIpc) is 2.06. The minimum atomic E-state index is -0.836. The number of piperazine rings is 1. The van der Waals surface area contributed by atoms with Crippen LogP contribution in [0.4, 0.5) is 0 Å². The number of aliphatic hydroxyl groups is 1. The minimum Gasteiger partial charge on any atom is -0.378 e. The molecule has 14 heavy (non-hydrogen) atoms. The number of rotatable bonds is 1. The third-order valence-corrected chi connectivity index (χ3v) is 2.54. The molecule has 0 aromatic carbocycles. The molecule has 0 aliphatic carbocycles. The van der Waals surface area contributed by atoms with Crippen molar-refractivity contribution in [3.8, 4) is 11.8 Å². The first-order valence-corrected chi connectivity index (χ1v) is 5.34. The van der Waals surface area contributed by atoms with Crippen LogP contribution in [0.2, 0.25) is 0 Å². The molecule has 3 nitrogen and oxygen atoms in total. The van der Waals surface area contributed by atoms with Crippen molar-refractivity contribution in [2.75, 3.05) is 39.8 Å². The Morgan fingerprint density at radius 1 is 1.21 bits per heavy atom. The standard InChI is InChI=1S/C11H20N2O/c1-11(2,14)5-4-6-13-9-7-12(3)8-10-13/h14H,6-10H2,1-3H3/p+2. The first-order valence-electron chi connectivity index (χ1n) is 5.34. The highest BCUT2D eigenvalue weighted by atomic mass is 16.3. The van der Waals surface area contributed by atoms with Gasteiger partial charge in [0, 0.05) is 0 Å². The largest absolute Gasteiger partial charge is 0.378 e. The monoisotopic (exact) mass is 198 g/mol. The first-order chi connectivity index (χ1) is 6.47. The molecule has 0 aromatic heterocycles. The summed E-state index contributed by atoms with van der Waals surface area (Å²) in [5, 5.41) is 9.40. The van der Waals surface area contributed by atoms with E-state index >= 15 is 0 Å². The van der Waals surface area contributed by atoms with E-state index in [4.69, 9.17) is 0 Å². The summed E-state index contributed by atoms with van der Waals surface area (Å²) in [7, 11) is 2.24. The second kappa shape index (κ2) is 4.79. The fourth-order valence-corrected chi connectivity index (χ4v) is 1.59. The Hall–Kier alpha value is -0.560. The van der Waals surface area contributed by atoms with Crippen molar-refractivity contribution in [3.05, 3.63) is 0 Å². The molecule has 0 amide bonds. The normalized spacial score (nSPS) is 28.0. The minimum absolute atomic E-state index is 0.836. The molecule has 3 heteroatoms. The van der Waals surface area contributed by atoms with Crippen LogP contribution in [0.3, 0.4) is 0 Å². The van der Waals surface area contributed by atoms with E-state index in [1.807, 2.05) is 0 Å². The van der Waals surface area contributed by atoms with Crippen molar-refractivity contribution in [2.45, 2.75) is 19.4 Å². The summed E-state index contributed by atoms with van der Waals surface area (Å²) < 4.78 is 0. The molecule has 1 rings (SSSR count). The van der Waals surface area contributed by atoms with E-state index in [-0.39, 0.29) is 0 Å². The highest BCUT2D eigenvalue weighted by Gasteiger charge is 2.18. The van der Waals surface area contributed by atoms with Crippen molar-refractivity contribution in [1.82, 2.24) is 0 Å². The molecule has 0 bridgehead atoms. The molecule has 1 saturated heterocycles. The van der Waals surface area contributed by atoms with E-state index in [2.05, 4.69) is 18.9 Å². The molecule has 1 fully saturated rings. The molecule has 0 spiro atoms. The van der Waals surface area contributed by atoms with Crippen LogP contribution in [0.5, 0.6) is 0 Å². The third kappa shape index (κ3) is 4.61. The SMILES string of the molecule is C[NH+]1CC[NH+](CC#CC(C)(C)O)CC1. The van der Waals surface area contributed by atoms with Gasteiger partial charge < -0.3 is 14.9 Å². The van der Waals surface area contributed by atoms with E-state index < -0.39 is 5.60 Å². The lowest BCUT2D eigenvalue weighted by molar-refractivity contribution is -1.000.